The van der Waals surface area contributed by atoms with Gasteiger partial charge in [0, 0.05) is 17.0 Å². The number of rotatable bonds is 11. The van der Waals surface area contributed by atoms with Gasteiger partial charge in [0.05, 0.1) is 17.8 Å². The molecular weight excluding hydrogens is 540 g/mol. The Hall–Kier alpha value is -3.65. The van der Waals surface area contributed by atoms with E-state index in [0.29, 0.717) is 10.8 Å². The molecule has 1 aromatic heterocycles. The molecule has 0 saturated heterocycles. The van der Waals surface area contributed by atoms with Crippen LogP contribution in [-0.4, -0.2) is 88.6 Å². The average Bonchev–Trinajstić information content (AvgIpc) is 2.98. The van der Waals surface area contributed by atoms with E-state index < -0.39 is 59.7 Å². The Morgan fingerprint density at radius 3 is 2.25 bits per heavy atom. The van der Waals surface area contributed by atoms with Crippen LogP contribution in [-0.2, 0) is 19.6 Å². The molecule has 4 rings (SSSR count). The minimum Gasteiger partial charge on any atom is -0.461 e. The van der Waals surface area contributed by atoms with Crippen LogP contribution in [0.15, 0.2) is 83.9 Å². The Morgan fingerprint density at radius 2 is 1.50 bits per heavy atom. The summed E-state index contributed by atoms with van der Waals surface area (Å²) in [5.41, 5.74) is 0.420. The van der Waals surface area contributed by atoms with Gasteiger partial charge >= 0.3 is 5.97 Å². The van der Waals surface area contributed by atoms with Gasteiger partial charge in [-0.1, -0.05) is 54.6 Å². The first-order valence-electron chi connectivity index (χ1n) is 12.4. The second kappa shape index (κ2) is 12.3. The fraction of sp³-hybridized carbons (Fsp3) is 0.286. The van der Waals surface area contributed by atoms with Gasteiger partial charge in [-0.2, -0.15) is 0 Å². The molecule has 0 aliphatic heterocycles. The highest BCUT2D eigenvalue weighted by molar-refractivity contribution is 7.93. The summed E-state index contributed by atoms with van der Waals surface area (Å²) in [6, 6.07) is 18.7. The zero-order chi connectivity index (χ0) is 29.0. The maximum Gasteiger partial charge on any atom is 0.329 e. The third-order valence-corrected chi connectivity index (χ3v) is 8.47. The van der Waals surface area contributed by atoms with Gasteiger partial charge in [0.2, 0.25) is 0 Å². The van der Waals surface area contributed by atoms with E-state index in [9.17, 15) is 33.6 Å². The lowest BCUT2D eigenvalue weighted by Crippen LogP contribution is -2.49. The lowest BCUT2D eigenvalue weighted by molar-refractivity contribution is -0.157. The van der Waals surface area contributed by atoms with Crippen molar-refractivity contribution >= 4 is 43.4 Å². The molecule has 40 heavy (non-hydrogen) atoms. The highest BCUT2D eigenvalue weighted by Gasteiger charge is 2.37. The summed E-state index contributed by atoms with van der Waals surface area (Å²) in [7, 11) is -4.44. The van der Waals surface area contributed by atoms with Crippen molar-refractivity contribution in [3.63, 3.8) is 0 Å². The van der Waals surface area contributed by atoms with Crippen LogP contribution in [0.25, 0.3) is 21.7 Å². The summed E-state index contributed by atoms with van der Waals surface area (Å²) in [6.45, 7) is -0.366. The Morgan fingerprint density at radius 1 is 0.875 bits per heavy atom. The van der Waals surface area contributed by atoms with Crippen LogP contribution >= 0.6 is 0 Å². The first-order valence-corrected chi connectivity index (χ1v) is 13.9. The van der Waals surface area contributed by atoms with Crippen molar-refractivity contribution in [1.29, 1.82) is 0 Å². The normalized spacial score (nSPS) is 15.8. The Kier molecular flexibility index (Phi) is 8.98. The number of benzene rings is 3. The quantitative estimate of drug-likeness (QED) is 0.163. The molecule has 0 spiro atoms. The van der Waals surface area contributed by atoms with Crippen LogP contribution in [0, 0.1) is 0 Å². The molecule has 212 valence electrons. The van der Waals surface area contributed by atoms with Crippen LogP contribution in [0.4, 0.5) is 5.69 Å². The van der Waals surface area contributed by atoms with E-state index in [1.807, 2.05) is 0 Å². The first-order chi connectivity index (χ1) is 19.1. The molecule has 5 N–H and O–H groups in total. The molecule has 0 aliphatic rings. The van der Waals surface area contributed by atoms with Crippen molar-refractivity contribution in [2.75, 3.05) is 17.5 Å². The topological polar surface area (TPSA) is 178 Å². The fourth-order valence-electron chi connectivity index (χ4n) is 4.38. The van der Waals surface area contributed by atoms with E-state index in [-0.39, 0.29) is 16.1 Å². The van der Waals surface area contributed by atoms with Gasteiger partial charge < -0.3 is 30.3 Å². The van der Waals surface area contributed by atoms with Crippen LogP contribution in [0.5, 0.6) is 0 Å². The molecule has 3 aromatic carbocycles. The summed E-state index contributed by atoms with van der Waals surface area (Å²) in [4.78, 5) is 17.4. The lowest BCUT2D eigenvalue weighted by Gasteiger charge is -2.31. The van der Waals surface area contributed by atoms with Gasteiger partial charge in [-0.15, -0.1) is 0 Å². The van der Waals surface area contributed by atoms with Crippen molar-refractivity contribution < 1.29 is 43.5 Å². The van der Waals surface area contributed by atoms with Crippen molar-refractivity contribution in [1.82, 2.24) is 4.98 Å². The van der Waals surface area contributed by atoms with Gasteiger partial charge in [-0.3, -0.25) is 9.29 Å². The summed E-state index contributed by atoms with van der Waals surface area (Å²) in [6.07, 6.45) is -5.97. The van der Waals surface area contributed by atoms with E-state index in [0.717, 1.165) is 9.69 Å². The van der Waals surface area contributed by atoms with Gasteiger partial charge in [-0.05, 0) is 30.5 Å². The van der Waals surface area contributed by atoms with Crippen LogP contribution in [0.3, 0.4) is 0 Å². The number of aromatic nitrogens is 1. The molecule has 0 bridgehead atoms. The maximum absolute atomic E-state index is 14.3. The van der Waals surface area contributed by atoms with E-state index >= 15 is 0 Å². The number of hydrogen-bond donors (Lipinski definition) is 5. The Bertz CT molecular complexity index is 1590. The molecule has 0 saturated carbocycles. The molecule has 0 aliphatic carbocycles. The minimum absolute atomic E-state index is 0.130. The van der Waals surface area contributed by atoms with Gasteiger partial charge in [0.15, 0.2) is 0 Å². The lowest BCUT2D eigenvalue weighted by atomic mass is 10.0. The first kappa shape index (κ1) is 29.3. The molecule has 0 radical (unpaired) electrons. The van der Waals surface area contributed by atoms with Crippen LogP contribution in [0.1, 0.15) is 6.92 Å². The maximum atomic E-state index is 14.3. The fourth-order valence-corrected chi connectivity index (χ4v) is 6.18. The number of para-hydroxylation sites is 1. The van der Waals surface area contributed by atoms with Crippen LogP contribution < -0.4 is 4.31 Å². The largest absolute Gasteiger partial charge is 0.461 e. The summed E-state index contributed by atoms with van der Waals surface area (Å²) >= 11 is 0. The standard InChI is InChI=1S/C28H30N2O9S/c1-17(28(36)39-16-23(33)27(35)26(34)22(32)15-31)30(21-12-4-8-18-7-2-3-11-20(18)21)40(37,38)24-13-5-9-19-10-6-14-29-25(19)24/h2-14,17,22-23,26-27,31-35H,15-16H2,1H3/t17-,22+,23+,26+,27+/m0/s1. The minimum atomic E-state index is -4.44. The summed E-state index contributed by atoms with van der Waals surface area (Å²) < 4.78 is 34.7. The summed E-state index contributed by atoms with van der Waals surface area (Å²) in [5.74, 6) is -1.05. The molecule has 0 fully saturated rings. The Labute approximate surface area is 230 Å². The number of hydrogen-bond acceptors (Lipinski definition) is 10. The molecule has 5 atom stereocenters. The predicted molar refractivity (Wildman–Crippen MR) is 147 cm³/mol. The Balaban J connectivity index is 1.73. The zero-order valence-electron chi connectivity index (χ0n) is 21.5. The van der Waals surface area contributed by atoms with Crippen molar-refractivity contribution in [2.45, 2.75) is 42.3 Å². The molecule has 11 nitrogen and oxygen atoms in total. The van der Waals surface area contributed by atoms with Crippen molar-refractivity contribution in [3.05, 3.63) is 79.0 Å². The molecule has 12 heteroatoms. The highest BCUT2D eigenvalue weighted by atomic mass is 32.2. The predicted octanol–water partition coefficient (Wildman–Crippen LogP) is 0.951. The molecule has 4 aromatic rings. The van der Waals surface area contributed by atoms with Crippen molar-refractivity contribution in [2.24, 2.45) is 0 Å². The van der Waals surface area contributed by atoms with Gasteiger partial charge in [0.25, 0.3) is 10.0 Å². The summed E-state index contributed by atoms with van der Waals surface area (Å²) in [5, 5.41) is 50.4. The number of carbonyl (C=O) groups is 1. The second-order valence-electron chi connectivity index (χ2n) is 9.23. The molecule has 0 amide bonds. The average molecular weight is 571 g/mol. The van der Waals surface area contributed by atoms with E-state index in [4.69, 9.17) is 9.84 Å². The number of sulfonamides is 1. The number of ether oxygens (including phenoxy) is 1. The molecule has 1 heterocycles. The monoisotopic (exact) mass is 570 g/mol. The van der Waals surface area contributed by atoms with E-state index in [1.165, 1.54) is 19.2 Å². The van der Waals surface area contributed by atoms with Gasteiger partial charge in [0.1, 0.15) is 42.0 Å². The zero-order valence-corrected chi connectivity index (χ0v) is 22.3. The number of nitrogens with zero attached hydrogens (tertiary/aromatic N) is 2. The third-order valence-electron chi connectivity index (χ3n) is 6.55. The van der Waals surface area contributed by atoms with E-state index in [1.54, 1.807) is 66.7 Å². The van der Waals surface area contributed by atoms with Crippen molar-refractivity contribution in [3.8, 4) is 0 Å². The number of aliphatic hydroxyl groups excluding tert-OH is 5. The molecular formula is C28H30N2O9S. The SMILES string of the molecule is C[C@@H](C(=O)OC[C@@H](O)[C@@H](O)[C@H](O)[C@H](O)CO)N(c1cccc2ccccc12)S(=O)(=O)c1cccc2cccnc12. The third kappa shape index (κ3) is 5.77. The smallest absolute Gasteiger partial charge is 0.329 e. The number of anilines is 1. The number of pyridine rings is 1. The molecule has 0 unspecified atom stereocenters. The number of aliphatic hydroxyl groups is 5. The highest BCUT2D eigenvalue weighted by Crippen LogP contribution is 2.35. The second-order valence-corrected chi connectivity index (χ2v) is 11.0. The number of esters is 1. The number of carbonyl (C=O) groups excluding carboxylic acids is 1. The number of fused-ring (bicyclic) bond motifs is 2. The van der Waals surface area contributed by atoms with Crippen LogP contribution in [0.2, 0.25) is 0 Å². The van der Waals surface area contributed by atoms with E-state index in [2.05, 4.69) is 4.98 Å². The van der Waals surface area contributed by atoms with Gasteiger partial charge in [-0.25, -0.2) is 13.2 Å².